The Labute approximate surface area is 115 Å². The van der Waals surface area contributed by atoms with Gasteiger partial charge in [-0.25, -0.2) is 4.79 Å². The highest BCUT2D eigenvalue weighted by Crippen LogP contribution is 2.30. The van der Waals surface area contributed by atoms with Gasteiger partial charge in [0.2, 0.25) is 0 Å². The molecule has 0 saturated heterocycles. The molecular formula is C16H11NO3. The average Bonchev–Trinajstić information content (AvgIpc) is 2.48. The number of para-hydroxylation sites is 2. The van der Waals surface area contributed by atoms with Gasteiger partial charge in [0.05, 0.1) is 0 Å². The molecule has 0 aliphatic rings. The van der Waals surface area contributed by atoms with E-state index in [4.69, 9.17) is 9.84 Å². The van der Waals surface area contributed by atoms with E-state index in [9.17, 15) is 4.79 Å². The molecule has 1 N–H and O–H groups in total. The Morgan fingerprint density at radius 1 is 0.950 bits per heavy atom. The number of ether oxygens (including phenoxy) is 1. The molecule has 3 rings (SSSR count). The van der Waals surface area contributed by atoms with Gasteiger partial charge >= 0.3 is 5.97 Å². The zero-order valence-electron chi connectivity index (χ0n) is 10.5. The third-order valence-electron chi connectivity index (χ3n) is 2.93. The van der Waals surface area contributed by atoms with Crippen molar-refractivity contribution in [3.63, 3.8) is 0 Å². The highest BCUT2D eigenvalue weighted by atomic mass is 16.5. The van der Waals surface area contributed by atoms with Gasteiger partial charge in [-0.2, -0.15) is 0 Å². The van der Waals surface area contributed by atoms with E-state index in [1.54, 1.807) is 30.5 Å². The minimum absolute atomic E-state index is 0.125. The second kappa shape index (κ2) is 5.01. The van der Waals surface area contributed by atoms with E-state index in [1.807, 2.05) is 24.3 Å². The number of rotatable bonds is 3. The molecule has 0 bridgehead atoms. The zero-order chi connectivity index (χ0) is 13.9. The number of fused-ring (bicyclic) bond motifs is 1. The van der Waals surface area contributed by atoms with E-state index in [-0.39, 0.29) is 5.56 Å². The first kappa shape index (κ1) is 12.2. The lowest BCUT2D eigenvalue weighted by Crippen LogP contribution is -1.99. The van der Waals surface area contributed by atoms with Gasteiger partial charge < -0.3 is 9.84 Å². The van der Waals surface area contributed by atoms with Crippen LogP contribution in [0.3, 0.4) is 0 Å². The number of nitrogens with zero attached hydrogens (tertiary/aromatic N) is 1. The number of pyridine rings is 1. The van der Waals surface area contributed by atoms with Crippen molar-refractivity contribution in [3.8, 4) is 11.5 Å². The SMILES string of the molecule is O=C(O)c1ccccc1Oc1cccc2cccnc12. The summed E-state index contributed by atoms with van der Waals surface area (Å²) in [6, 6.07) is 15.9. The lowest BCUT2D eigenvalue weighted by molar-refractivity contribution is 0.0694. The van der Waals surface area contributed by atoms with Crippen LogP contribution in [0.2, 0.25) is 0 Å². The Morgan fingerprint density at radius 2 is 1.70 bits per heavy atom. The van der Waals surface area contributed by atoms with Crippen LogP contribution in [-0.2, 0) is 0 Å². The first-order valence-corrected chi connectivity index (χ1v) is 6.09. The number of hydrogen-bond acceptors (Lipinski definition) is 3. The van der Waals surface area contributed by atoms with Gasteiger partial charge in [0.15, 0.2) is 5.75 Å². The number of aromatic nitrogens is 1. The predicted octanol–water partition coefficient (Wildman–Crippen LogP) is 3.73. The second-order valence-electron chi connectivity index (χ2n) is 4.23. The van der Waals surface area contributed by atoms with Crippen molar-refractivity contribution >= 4 is 16.9 Å². The van der Waals surface area contributed by atoms with Crippen molar-refractivity contribution in [2.45, 2.75) is 0 Å². The normalized spacial score (nSPS) is 10.4. The molecule has 0 aliphatic carbocycles. The number of carbonyl (C=O) groups is 1. The number of hydrogen-bond donors (Lipinski definition) is 1. The van der Waals surface area contributed by atoms with Gasteiger partial charge in [-0.05, 0) is 24.3 Å². The van der Waals surface area contributed by atoms with Crippen molar-refractivity contribution < 1.29 is 14.6 Å². The van der Waals surface area contributed by atoms with E-state index in [1.165, 1.54) is 6.07 Å². The Morgan fingerprint density at radius 3 is 2.55 bits per heavy atom. The third-order valence-corrected chi connectivity index (χ3v) is 2.93. The van der Waals surface area contributed by atoms with Crippen LogP contribution in [0.15, 0.2) is 60.8 Å². The molecule has 4 heteroatoms. The maximum absolute atomic E-state index is 11.2. The lowest BCUT2D eigenvalue weighted by Gasteiger charge is -2.10. The standard InChI is InChI=1S/C16H11NO3/c18-16(19)12-7-1-2-8-13(12)20-14-9-3-5-11-6-4-10-17-15(11)14/h1-10H,(H,18,19). The molecule has 0 radical (unpaired) electrons. The zero-order valence-corrected chi connectivity index (χ0v) is 10.5. The summed E-state index contributed by atoms with van der Waals surface area (Å²) in [5, 5.41) is 10.1. The maximum atomic E-state index is 11.2. The molecule has 0 saturated carbocycles. The van der Waals surface area contributed by atoms with Gasteiger partial charge in [0.25, 0.3) is 0 Å². The van der Waals surface area contributed by atoms with E-state index >= 15 is 0 Å². The third kappa shape index (κ3) is 2.19. The molecule has 98 valence electrons. The quantitative estimate of drug-likeness (QED) is 0.784. The number of benzene rings is 2. The van der Waals surface area contributed by atoms with Crippen LogP contribution in [0.5, 0.6) is 11.5 Å². The fraction of sp³-hybridized carbons (Fsp3) is 0. The summed E-state index contributed by atoms with van der Waals surface area (Å²) >= 11 is 0. The summed E-state index contributed by atoms with van der Waals surface area (Å²) in [6.07, 6.45) is 1.68. The van der Waals surface area contributed by atoms with Gasteiger partial charge in [-0.1, -0.05) is 30.3 Å². The highest BCUT2D eigenvalue weighted by molar-refractivity contribution is 5.91. The Balaban J connectivity index is 2.08. The molecule has 0 fully saturated rings. The Hall–Kier alpha value is -2.88. The number of carboxylic acids is 1. The van der Waals surface area contributed by atoms with Gasteiger partial charge in [-0.3, -0.25) is 4.98 Å². The molecule has 3 aromatic rings. The van der Waals surface area contributed by atoms with Gasteiger partial charge in [-0.15, -0.1) is 0 Å². The van der Waals surface area contributed by atoms with Crippen molar-refractivity contribution in [1.82, 2.24) is 4.98 Å². The van der Waals surface area contributed by atoms with Crippen molar-refractivity contribution in [1.29, 1.82) is 0 Å². The molecule has 0 atom stereocenters. The van der Waals surface area contributed by atoms with E-state index in [0.717, 1.165) is 5.39 Å². The molecule has 2 aromatic carbocycles. The predicted molar refractivity (Wildman–Crippen MR) is 75.2 cm³/mol. The fourth-order valence-corrected chi connectivity index (χ4v) is 2.01. The minimum Gasteiger partial charge on any atom is -0.478 e. The average molecular weight is 265 g/mol. The summed E-state index contributed by atoms with van der Waals surface area (Å²) in [4.78, 5) is 15.5. The largest absolute Gasteiger partial charge is 0.478 e. The molecule has 20 heavy (non-hydrogen) atoms. The number of carboxylic acid groups (broad SMARTS) is 1. The number of aromatic carboxylic acids is 1. The first-order chi connectivity index (χ1) is 9.75. The summed E-state index contributed by atoms with van der Waals surface area (Å²) in [5.41, 5.74) is 0.829. The topological polar surface area (TPSA) is 59.4 Å². The van der Waals surface area contributed by atoms with Crippen LogP contribution in [0, 0.1) is 0 Å². The Kier molecular flexibility index (Phi) is 3.05. The summed E-state index contributed by atoms with van der Waals surface area (Å²) in [5.74, 6) is -0.177. The smallest absolute Gasteiger partial charge is 0.339 e. The minimum atomic E-state index is -1.02. The van der Waals surface area contributed by atoms with Crippen LogP contribution in [-0.4, -0.2) is 16.1 Å². The molecule has 1 aromatic heterocycles. The second-order valence-corrected chi connectivity index (χ2v) is 4.23. The molecular weight excluding hydrogens is 254 g/mol. The molecule has 0 unspecified atom stereocenters. The van der Waals surface area contributed by atoms with Crippen LogP contribution >= 0.6 is 0 Å². The van der Waals surface area contributed by atoms with Crippen molar-refractivity contribution in [2.24, 2.45) is 0 Å². The summed E-state index contributed by atoms with van der Waals surface area (Å²) in [7, 11) is 0. The highest BCUT2D eigenvalue weighted by Gasteiger charge is 2.12. The van der Waals surface area contributed by atoms with E-state index in [2.05, 4.69) is 4.98 Å². The van der Waals surface area contributed by atoms with Crippen LogP contribution < -0.4 is 4.74 Å². The van der Waals surface area contributed by atoms with Crippen LogP contribution in [0.4, 0.5) is 0 Å². The lowest BCUT2D eigenvalue weighted by atomic mass is 10.2. The van der Waals surface area contributed by atoms with Crippen LogP contribution in [0.25, 0.3) is 10.9 Å². The van der Waals surface area contributed by atoms with Gasteiger partial charge in [0, 0.05) is 11.6 Å². The molecule has 1 heterocycles. The maximum Gasteiger partial charge on any atom is 0.339 e. The first-order valence-electron chi connectivity index (χ1n) is 6.09. The van der Waals surface area contributed by atoms with Crippen molar-refractivity contribution in [3.05, 3.63) is 66.4 Å². The van der Waals surface area contributed by atoms with Gasteiger partial charge in [0.1, 0.15) is 16.8 Å². The fourth-order valence-electron chi connectivity index (χ4n) is 2.01. The summed E-state index contributed by atoms with van der Waals surface area (Å²) in [6.45, 7) is 0. The summed E-state index contributed by atoms with van der Waals surface area (Å²) < 4.78 is 5.74. The molecule has 0 spiro atoms. The van der Waals surface area contributed by atoms with Crippen LogP contribution in [0.1, 0.15) is 10.4 Å². The molecule has 0 aliphatic heterocycles. The van der Waals surface area contributed by atoms with E-state index < -0.39 is 5.97 Å². The monoisotopic (exact) mass is 265 g/mol. The molecule has 0 amide bonds. The molecule has 4 nitrogen and oxygen atoms in total. The van der Waals surface area contributed by atoms with Crippen molar-refractivity contribution in [2.75, 3.05) is 0 Å². The Bertz CT molecular complexity index is 778. The van der Waals surface area contributed by atoms with E-state index in [0.29, 0.717) is 17.0 Å².